The number of hydrogen-bond donors (Lipinski definition) is 2. The Labute approximate surface area is 166 Å². The first-order valence-corrected chi connectivity index (χ1v) is 9.77. The van der Waals surface area contributed by atoms with Crippen molar-refractivity contribution < 1.29 is 14.3 Å². The van der Waals surface area contributed by atoms with Crippen molar-refractivity contribution in [1.82, 2.24) is 4.98 Å². The van der Waals surface area contributed by atoms with E-state index in [4.69, 9.17) is 4.74 Å². The smallest absolute Gasteiger partial charge is 0.311 e. The van der Waals surface area contributed by atoms with Gasteiger partial charge in [0.1, 0.15) is 5.75 Å². The number of benzene rings is 2. The van der Waals surface area contributed by atoms with E-state index in [1.165, 1.54) is 11.3 Å². The first-order chi connectivity index (χ1) is 13.7. The maximum Gasteiger partial charge on any atom is 0.311 e. The molecule has 0 saturated heterocycles. The second-order valence-corrected chi connectivity index (χ2v) is 7.24. The minimum atomic E-state index is -0.291. The Hall–Kier alpha value is -3.38. The summed E-state index contributed by atoms with van der Waals surface area (Å²) >= 11 is 1.38. The maximum atomic E-state index is 12.2. The molecule has 0 fully saturated rings. The zero-order valence-electron chi connectivity index (χ0n) is 15.0. The lowest BCUT2D eigenvalue weighted by molar-refractivity contribution is -0.134. The number of ether oxygens (including phenoxy) is 1. The van der Waals surface area contributed by atoms with Gasteiger partial charge in [0.25, 0.3) is 5.91 Å². The summed E-state index contributed by atoms with van der Waals surface area (Å²) in [4.78, 5) is 28.1. The number of carbonyl (C=O) groups excluding carboxylic acids is 2. The van der Waals surface area contributed by atoms with Crippen LogP contribution in [0.25, 0.3) is 10.9 Å². The highest BCUT2D eigenvalue weighted by atomic mass is 32.1. The number of aryl methyl sites for hydroxylation is 1. The van der Waals surface area contributed by atoms with E-state index >= 15 is 0 Å². The van der Waals surface area contributed by atoms with Crippen LogP contribution in [0.15, 0.2) is 72.2 Å². The van der Waals surface area contributed by atoms with Crippen molar-refractivity contribution in [1.29, 1.82) is 0 Å². The molecular weight excluding hydrogens is 372 g/mol. The lowest BCUT2D eigenvalue weighted by Crippen LogP contribution is -2.11. The van der Waals surface area contributed by atoms with Crippen LogP contribution < -0.4 is 10.1 Å². The van der Waals surface area contributed by atoms with Gasteiger partial charge in [-0.3, -0.25) is 9.59 Å². The van der Waals surface area contributed by atoms with Crippen LogP contribution in [0.2, 0.25) is 0 Å². The van der Waals surface area contributed by atoms with Crippen LogP contribution in [0.1, 0.15) is 21.7 Å². The SMILES string of the molecule is O=C(CCc1c[nH]c2ccccc12)Oc1ccc(NC(=O)c2cccs2)cc1. The molecule has 0 bridgehead atoms. The average Bonchev–Trinajstić information content (AvgIpc) is 3.38. The predicted molar refractivity (Wildman–Crippen MR) is 111 cm³/mol. The number of rotatable bonds is 6. The first-order valence-electron chi connectivity index (χ1n) is 8.89. The molecule has 0 radical (unpaired) electrons. The fourth-order valence-corrected chi connectivity index (χ4v) is 3.58. The molecule has 4 rings (SSSR count). The number of thiophene rings is 1. The zero-order valence-corrected chi connectivity index (χ0v) is 15.8. The third kappa shape index (κ3) is 4.13. The Morgan fingerprint density at radius 1 is 1.00 bits per heavy atom. The van der Waals surface area contributed by atoms with Gasteiger partial charge in [0.2, 0.25) is 0 Å². The van der Waals surface area contributed by atoms with Gasteiger partial charge in [-0.25, -0.2) is 0 Å². The summed E-state index contributed by atoms with van der Waals surface area (Å²) in [5.74, 6) is 0.0113. The van der Waals surface area contributed by atoms with Crippen molar-refractivity contribution in [2.24, 2.45) is 0 Å². The normalized spacial score (nSPS) is 10.7. The molecule has 0 unspecified atom stereocenters. The summed E-state index contributed by atoms with van der Waals surface area (Å²) in [5, 5.41) is 5.79. The van der Waals surface area contributed by atoms with Gasteiger partial charge in [0, 0.05) is 22.8 Å². The van der Waals surface area contributed by atoms with Crippen LogP contribution in [0.5, 0.6) is 5.75 Å². The molecule has 140 valence electrons. The lowest BCUT2D eigenvalue weighted by Gasteiger charge is -2.07. The van der Waals surface area contributed by atoms with Gasteiger partial charge in [-0.1, -0.05) is 24.3 Å². The number of anilines is 1. The van der Waals surface area contributed by atoms with Crippen LogP contribution in [0, 0.1) is 0 Å². The van der Waals surface area contributed by atoms with Gasteiger partial charge in [0.15, 0.2) is 0 Å². The average molecular weight is 390 g/mol. The predicted octanol–water partition coefficient (Wildman–Crippen LogP) is 5.02. The highest BCUT2D eigenvalue weighted by Crippen LogP contribution is 2.21. The Kier molecular flexibility index (Phi) is 5.21. The number of aromatic nitrogens is 1. The lowest BCUT2D eigenvalue weighted by atomic mass is 10.1. The third-order valence-corrected chi connectivity index (χ3v) is 5.23. The van der Waals surface area contributed by atoms with Crippen LogP contribution in [-0.4, -0.2) is 16.9 Å². The fourth-order valence-electron chi connectivity index (χ4n) is 2.96. The highest BCUT2D eigenvalue weighted by molar-refractivity contribution is 7.12. The zero-order chi connectivity index (χ0) is 19.3. The second-order valence-electron chi connectivity index (χ2n) is 6.29. The van der Waals surface area contributed by atoms with E-state index in [0.717, 1.165) is 16.5 Å². The topological polar surface area (TPSA) is 71.2 Å². The van der Waals surface area contributed by atoms with Crippen LogP contribution in [0.4, 0.5) is 5.69 Å². The second kappa shape index (κ2) is 8.10. The van der Waals surface area contributed by atoms with E-state index in [-0.39, 0.29) is 11.9 Å². The molecule has 0 spiro atoms. The number of nitrogens with one attached hydrogen (secondary N) is 2. The van der Waals surface area contributed by atoms with Crippen molar-refractivity contribution in [3.8, 4) is 5.75 Å². The number of fused-ring (bicyclic) bond motifs is 1. The van der Waals surface area contributed by atoms with Crippen molar-refractivity contribution in [2.45, 2.75) is 12.8 Å². The minimum Gasteiger partial charge on any atom is -0.427 e. The number of amides is 1. The fraction of sp³-hybridized carbons (Fsp3) is 0.0909. The van der Waals surface area contributed by atoms with Gasteiger partial charge >= 0.3 is 5.97 Å². The molecule has 2 heterocycles. The molecule has 0 aliphatic heterocycles. The van der Waals surface area contributed by atoms with Gasteiger partial charge in [-0.05, 0) is 53.8 Å². The van der Waals surface area contributed by atoms with Crippen LogP contribution >= 0.6 is 11.3 Å². The molecule has 1 amide bonds. The molecule has 0 atom stereocenters. The number of hydrogen-bond acceptors (Lipinski definition) is 4. The number of para-hydroxylation sites is 1. The highest BCUT2D eigenvalue weighted by Gasteiger charge is 2.10. The molecule has 2 aromatic heterocycles. The quantitative estimate of drug-likeness (QED) is 0.359. The molecule has 28 heavy (non-hydrogen) atoms. The summed E-state index contributed by atoms with van der Waals surface area (Å²) < 4.78 is 5.40. The van der Waals surface area contributed by atoms with Crippen LogP contribution in [-0.2, 0) is 11.2 Å². The number of H-pyrrole nitrogens is 1. The summed E-state index contributed by atoms with van der Waals surface area (Å²) in [6.45, 7) is 0. The van der Waals surface area contributed by atoms with Gasteiger partial charge in [-0.15, -0.1) is 11.3 Å². The third-order valence-electron chi connectivity index (χ3n) is 4.36. The molecule has 2 N–H and O–H groups in total. The van der Waals surface area contributed by atoms with E-state index in [2.05, 4.69) is 10.3 Å². The monoisotopic (exact) mass is 390 g/mol. The molecule has 4 aromatic rings. The van der Waals surface area contributed by atoms with Crippen molar-refractivity contribution in [3.05, 3.63) is 82.7 Å². The largest absolute Gasteiger partial charge is 0.427 e. The molecule has 0 aliphatic rings. The van der Waals surface area contributed by atoms with E-state index < -0.39 is 0 Å². The van der Waals surface area contributed by atoms with Gasteiger partial charge in [-0.2, -0.15) is 0 Å². The standard InChI is InChI=1S/C22H18N2O3S/c25-21(12-7-15-14-23-19-5-2-1-4-18(15)19)27-17-10-8-16(9-11-17)24-22(26)20-6-3-13-28-20/h1-6,8-11,13-14,23H,7,12H2,(H,24,26). The van der Waals surface area contributed by atoms with Crippen molar-refractivity contribution >= 4 is 39.8 Å². The Morgan fingerprint density at radius 3 is 2.61 bits per heavy atom. The van der Waals surface area contributed by atoms with E-state index in [1.54, 1.807) is 30.3 Å². The first kappa shape index (κ1) is 18.0. The molecule has 2 aromatic carbocycles. The van der Waals surface area contributed by atoms with Crippen molar-refractivity contribution in [3.63, 3.8) is 0 Å². The summed E-state index contributed by atoms with van der Waals surface area (Å²) in [7, 11) is 0. The van der Waals surface area contributed by atoms with E-state index in [0.29, 0.717) is 29.2 Å². The summed E-state index contributed by atoms with van der Waals surface area (Å²) in [5.41, 5.74) is 2.81. The Bertz CT molecular complexity index is 1100. The minimum absolute atomic E-state index is 0.154. The number of esters is 1. The maximum absolute atomic E-state index is 12.2. The van der Waals surface area contributed by atoms with E-state index in [1.807, 2.05) is 41.9 Å². The molecule has 0 aliphatic carbocycles. The summed E-state index contributed by atoms with van der Waals surface area (Å²) in [6.07, 6.45) is 2.83. The van der Waals surface area contributed by atoms with Crippen molar-refractivity contribution in [2.75, 3.05) is 5.32 Å². The number of carbonyl (C=O) groups is 2. The van der Waals surface area contributed by atoms with Crippen LogP contribution in [0.3, 0.4) is 0 Å². The van der Waals surface area contributed by atoms with Gasteiger partial charge in [0.05, 0.1) is 11.3 Å². The summed E-state index contributed by atoms with van der Waals surface area (Å²) in [6, 6.07) is 18.4. The Morgan fingerprint density at radius 2 is 1.82 bits per heavy atom. The number of aromatic amines is 1. The van der Waals surface area contributed by atoms with Gasteiger partial charge < -0.3 is 15.0 Å². The molecule has 5 nitrogen and oxygen atoms in total. The van der Waals surface area contributed by atoms with E-state index in [9.17, 15) is 9.59 Å². The molecule has 6 heteroatoms. The Balaban J connectivity index is 1.31. The molecule has 0 saturated carbocycles. The molecular formula is C22H18N2O3S.